The lowest BCUT2D eigenvalue weighted by molar-refractivity contribution is -0.114. The fraction of sp³-hybridized carbons (Fsp3) is 0.364. The van der Waals surface area contributed by atoms with Gasteiger partial charge in [-0.1, -0.05) is 24.3 Å². The van der Waals surface area contributed by atoms with Crippen molar-refractivity contribution in [3.8, 4) is 11.5 Å². The second-order valence-corrected chi connectivity index (χ2v) is 6.54. The number of carbonyl (C=O) groups is 1. The largest absolute Gasteiger partial charge is 0.493 e. The molecule has 1 unspecified atom stereocenters. The summed E-state index contributed by atoms with van der Waals surface area (Å²) in [5.41, 5.74) is 1.77. The van der Waals surface area contributed by atoms with Crippen LogP contribution in [-0.4, -0.2) is 38.2 Å². The highest BCUT2D eigenvalue weighted by Crippen LogP contribution is 2.26. The van der Waals surface area contributed by atoms with Crippen molar-refractivity contribution in [1.29, 1.82) is 0 Å². The van der Waals surface area contributed by atoms with Gasteiger partial charge >= 0.3 is 0 Å². The topological polar surface area (TPSA) is 84.0 Å². The van der Waals surface area contributed by atoms with Gasteiger partial charge in [0.2, 0.25) is 5.91 Å². The molecule has 0 heterocycles. The number of hydrogen-bond acceptors (Lipinski definition) is 4. The summed E-state index contributed by atoms with van der Waals surface area (Å²) >= 11 is 0. The second-order valence-electron chi connectivity index (χ2n) is 6.54. The minimum absolute atomic E-state index is 0. The van der Waals surface area contributed by atoms with Crippen molar-refractivity contribution in [3.63, 3.8) is 0 Å². The van der Waals surface area contributed by atoms with Gasteiger partial charge in [-0.15, -0.1) is 24.0 Å². The third kappa shape index (κ3) is 8.89. The zero-order valence-electron chi connectivity index (χ0n) is 17.9. The molecule has 0 fully saturated rings. The number of amides is 1. The lowest BCUT2D eigenvalue weighted by Gasteiger charge is -2.19. The maximum Gasteiger partial charge on any atom is 0.221 e. The minimum atomic E-state index is -0.0929. The van der Waals surface area contributed by atoms with E-state index in [0.29, 0.717) is 30.5 Å². The summed E-state index contributed by atoms with van der Waals surface area (Å²) in [7, 11) is 1.63. The number of halogens is 1. The highest BCUT2D eigenvalue weighted by Gasteiger charge is 2.09. The van der Waals surface area contributed by atoms with Crippen LogP contribution in [0.2, 0.25) is 0 Å². The monoisotopic (exact) mass is 526 g/mol. The van der Waals surface area contributed by atoms with E-state index in [2.05, 4.69) is 20.9 Å². The predicted octanol–water partition coefficient (Wildman–Crippen LogP) is 3.79. The van der Waals surface area contributed by atoms with E-state index in [9.17, 15) is 4.79 Å². The van der Waals surface area contributed by atoms with Crippen LogP contribution in [0.4, 0.5) is 5.69 Å². The maximum absolute atomic E-state index is 11.2. The first-order chi connectivity index (χ1) is 14.0. The van der Waals surface area contributed by atoms with Crippen LogP contribution in [0.3, 0.4) is 0 Å². The molecule has 1 atom stereocenters. The van der Waals surface area contributed by atoms with E-state index in [1.807, 2.05) is 62.4 Å². The average molecular weight is 526 g/mol. The Kier molecular flexibility index (Phi) is 11.7. The highest BCUT2D eigenvalue weighted by molar-refractivity contribution is 14.0. The van der Waals surface area contributed by atoms with Gasteiger partial charge < -0.3 is 25.4 Å². The number of nitrogens with zero attached hydrogens (tertiary/aromatic N) is 1. The average Bonchev–Trinajstić information content (AvgIpc) is 2.70. The Morgan fingerprint density at radius 2 is 1.83 bits per heavy atom. The summed E-state index contributed by atoms with van der Waals surface area (Å²) in [4.78, 5) is 15.8. The quantitative estimate of drug-likeness (QED) is 0.263. The minimum Gasteiger partial charge on any atom is -0.493 e. The molecular formula is C22H31IN4O3. The van der Waals surface area contributed by atoms with Crippen LogP contribution in [0.25, 0.3) is 0 Å². The van der Waals surface area contributed by atoms with Crippen LogP contribution in [0.1, 0.15) is 26.3 Å². The van der Waals surface area contributed by atoms with Crippen LogP contribution < -0.4 is 25.4 Å². The molecular weight excluding hydrogens is 495 g/mol. The van der Waals surface area contributed by atoms with Gasteiger partial charge in [0.05, 0.1) is 20.2 Å². The Labute approximate surface area is 195 Å². The predicted molar refractivity (Wildman–Crippen MR) is 132 cm³/mol. The van der Waals surface area contributed by atoms with Gasteiger partial charge in [0.25, 0.3) is 0 Å². The smallest absolute Gasteiger partial charge is 0.221 e. The molecule has 2 aromatic rings. The molecule has 0 aromatic heterocycles. The first-order valence-electron chi connectivity index (χ1n) is 9.70. The molecule has 0 radical (unpaired) electrons. The van der Waals surface area contributed by atoms with Gasteiger partial charge in [-0.2, -0.15) is 0 Å². The Hall–Kier alpha value is -2.49. The zero-order valence-corrected chi connectivity index (χ0v) is 20.2. The molecule has 0 saturated heterocycles. The number of carbonyl (C=O) groups excluding carboxylic acids is 1. The summed E-state index contributed by atoms with van der Waals surface area (Å²) in [6.45, 7) is 7.31. The second kappa shape index (κ2) is 13.7. The van der Waals surface area contributed by atoms with Crippen LogP contribution in [0.5, 0.6) is 11.5 Å². The van der Waals surface area contributed by atoms with Crippen LogP contribution >= 0.6 is 24.0 Å². The zero-order chi connectivity index (χ0) is 21.1. The third-order valence-corrected chi connectivity index (χ3v) is 3.97. The van der Waals surface area contributed by atoms with E-state index in [1.165, 1.54) is 6.92 Å². The molecule has 30 heavy (non-hydrogen) atoms. The van der Waals surface area contributed by atoms with Gasteiger partial charge in [-0.3, -0.25) is 4.79 Å². The number of guanidine groups is 1. The van der Waals surface area contributed by atoms with Crippen LogP contribution in [0, 0.1) is 0 Å². The number of aliphatic imine (C=N–C) groups is 1. The van der Waals surface area contributed by atoms with Gasteiger partial charge in [0.1, 0.15) is 6.10 Å². The summed E-state index contributed by atoms with van der Waals surface area (Å²) in [6.07, 6.45) is -0.0850. The molecule has 0 aliphatic heterocycles. The molecule has 0 saturated carbocycles. The molecule has 0 aliphatic carbocycles. The van der Waals surface area contributed by atoms with Crippen LogP contribution in [-0.2, 0) is 11.3 Å². The van der Waals surface area contributed by atoms with Gasteiger partial charge in [-0.05, 0) is 43.7 Å². The Morgan fingerprint density at radius 1 is 1.10 bits per heavy atom. The SMILES string of the molecule is CCNC(=NCc1cccc(NC(C)=O)c1)NCC(C)Oc1ccccc1OC.I. The van der Waals surface area contributed by atoms with Crippen molar-refractivity contribution >= 4 is 41.5 Å². The van der Waals surface area contributed by atoms with Gasteiger partial charge in [0.15, 0.2) is 17.5 Å². The number of rotatable bonds is 9. The maximum atomic E-state index is 11.2. The molecule has 164 valence electrons. The fourth-order valence-electron chi connectivity index (χ4n) is 2.68. The van der Waals surface area contributed by atoms with Crippen molar-refractivity contribution in [2.24, 2.45) is 4.99 Å². The van der Waals surface area contributed by atoms with E-state index in [0.717, 1.165) is 17.8 Å². The van der Waals surface area contributed by atoms with E-state index in [1.54, 1.807) is 7.11 Å². The Balaban J connectivity index is 0.00000450. The summed E-state index contributed by atoms with van der Waals surface area (Å²) in [6, 6.07) is 15.2. The van der Waals surface area contributed by atoms with Crippen molar-refractivity contribution in [2.75, 3.05) is 25.5 Å². The fourth-order valence-corrected chi connectivity index (χ4v) is 2.68. The molecule has 2 aromatic carbocycles. The molecule has 2 rings (SSSR count). The molecule has 0 bridgehead atoms. The lowest BCUT2D eigenvalue weighted by Crippen LogP contribution is -2.41. The van der Waals surface area contributed by atoms with E-state index < -0.39 is 0 Å². The number of hydrogen-bond donors (Lipinski definition) is 3. The summed E-state index contributed by atoms with van der Waals surface area (Å²) in [5.74, 6) is 2.03. The number of para-hydroxylation sites is 2. The van der Waals surface area contributed by atoms with Crippen LogP contribution in [0.15, 0.2) is 53.5 Å². The number of benzene rings is 2. The molecule has 1 amide bonds. The number of nitrogens with one attached hydrogen (secondary N) is 3. The first kappa shape index (κ1) is 25.5. The number of ether oxygens (including phenoxy) is 2. The molecule has 3 N–H and O–H groups in total. The summed E-state index contributed by atoms with van der Waals surface area (Å²) in [5, 5.41) is 9.31. The van der Waals surface area contributed by atoms with Gasteiger partial charge in [-0.25, -0.2) is 4.99 Å². The van der Waals surface area contributed by atoms with Crippen molar-refractivity contribution in [1.82, 2.24) is 10.6 Å². The Morgan fingerprint density at radius 3 is 2.50 bits per heavy atom. The first-order valence-corrected chi connectivity index (χ1v) is 9.70. The molecule has 8 heteroatoms. The third-order valence-electron chi connectivity index (χ3n) is 3.97. The van der Waals surface area contributed by atoms with Gasteiger partial charge in [0, 0.05) is 19.2 Å². The van der Waals surface area contributed by atoms with Crippen molar-refractivity contribution in [3.05, 3.63) is 54.1 Å². The highest BCUT2D eigenvalue weighted by atomic mass is 127. The molecule has 0 aliphatic rings. The summed E-state index contributed by atoms with van der Waals surface area (Å²) < 4.78 is 11.3. The molecule has 0 spiro atoms. The number of anilines is 1. The lowest BCUT2D eigenvalue weighted by atomic mass is 10.2. The van der Waals surface area contributed by atoms with E-state index in [4.69, 9.17) is 9.47 Å². The number of methoxy groups -OCH3 is 1. The van der Waals surface area contributed by atoms with Crippen molar-refractivity contribution in [2.45, 2.75) is 33.4 Å². The normalized spacial score (nSPS) is 11.7. The Bertz CT molecular complexity index is 830. The molecule has 7 nitrogen and oxygen atoms in total. The van der Waals surface area contributed by atoms with E-state index in [-0.39, 0.29) is 36.0 Å². The van der Waals surface area contributed by atoms with Crippen molar-refractivity contribution < 1.29 is 14.3 Å². The van der Waals surface area contributed by atoms with E-state index >= 15 is 0 Å². The standard InChI is InChI=1S/C22H30N4O3.HI/c1-5-23-22(25-15-18-9-8-10-19(13-18)26-17(3)27)24-14-16(2)29-21-12-7-6-11-20(21)28-4;/h6-13,16H,5,14-15H2,1-4H3,(H,26,27)(H2,23,24,25);1H.